The molecule has 0 unspecified atom stereocenters. The van der Waals surface area contributed by atoms with E-state index in [9.17, 15) is 9.59 Å². The maximum atomic E-state index is 12.3. The monoisotopic (exact) mass is 342 g/mol. The highest BCUT2D eigenvalue weighted by Gasteiger charge is 2.15. The van der Waals surface area contributed by atoms with Crippen LogP contribution in [-0.4, -0.2) is 32.6 Å². The summed E-state index contributed by atoms with van der Waals surface area (Å²) < 4.78 is 10.3. The number of hydrogen-bond donors (Lipinski definition) is 2. The maximum Gasteiger partial charge on any atom is 0.255 e. The second-order valence-electron chi connectivity index (χ2n) is 5.56. The number of rotatable bonds is 6. The van der Waals surface area contributed by atoms with Gasteiger partial charge in [0.25, 0.3) is 5.91 Å². The largest absolute Gasteiger partial charge is 0.497 e. The number of para-hydroxylation sites is 1. The van der Waals surface area contributed by atoms with Crippen LogP contribution in [0.3, 0.4) is 0 Å². The highest BCUT2D eigenvalue weighted by atomic mass is 16.5. The van der Waals surface area contributed by atoms with Crippen molar-refractivity contribution < 1.29 is 19.1 Å². The number of amides is 2. The Balaban J connectivity index is 2.01. The molecule has 0 saturated carbocycles. The van der Waals surface area contributed by atoms with Crippen molar-refractivity contribution in [3.8, 4) is 11.5 Å². The summed E-state index contributed by atoms with van der Waals surface area (Å²) in [6.45, 7) is 3.70. The fraction of sp³-hybridized carbons (Fsp3) is 0.263. The van der Waals surface area contributed by atoms with Gasteiger partial charge in [-0.15, -0.1) is 0 Å². The minimum atomic E-state index is -0.392. The molecule has 6 heteroatoms. The lowest BCUT2D eigenvalue weighted by atomic mass is 10.1. The number of anilines is 1. The predicted molar refractivity (Wildman–Crippen MR) is 96.4 cm³/mol. The van der Waals surface area contributed by atoms with Crippen molar-refractivity contribution in [2.75, 3.05) is 26.1 Å². The lowest BCUT2D eigenvalue weighted by Crippen LogP contribution is -2.33. The first kappa shape index (κ1) is 18.3. The zero-order chi connectivity index (χ0) is 18.4. The van der Waals surface area contributed by atoms with Crippen LogP contribution < -0.4 is 20.1 Å². The molecule has 0 radical (unpaired) electrons. The summed E-state index contributed by atoms with van der Waals surface area (Å²) in [6.07, 6.45) is 0. The van der Waals surface area contributed by atoms with Crippen molar-refractivity contribution in [3.63, 3.8) is 0 Å². The lowest BCUT2D eigenvalue weighted by molar-refractivity contribution is -0.115. The van der Waals surface area contributed by atoms with E-state index in [0.29, 0.717) is 17.1 Å². The minimum Gasteiger partial charge on any atom is -0.497 e. The summed E-state index contributed by atoms with van der Waals surface area (Å²) in [4.78, 5) is 24.4. The summed E-state index contributed by atoms with van der Waals surface area (Å²) in [7, 11) is 3.01. The van der Waals surface area contributed by atoms with E-state index in [2.05, 4.69) is 10.6 Å². The second-order valence-corrected chi connectivity index (χ2v) is 5.56. The summed E-state index contributed by atoms with van der Waals surface area (Å²) in [5, 5.41) is 5.43. The van der Waals surface area contributed by atoms with E-state index in [0.717, 1.165) is 16.8 Å². The first-order chi connectivity index (χ1) is 12.0. The van der Waals surface area contributed by atoms with Crippen molar-refractivity contribution in [2.45, 2.75) is 13.8 Å². The number of benzene rings is 2. The Bertz CT molecular complexity index is 767. The van der Waals surface area contributed by atoms with Crippen LogP contribution >= 0.6 is 0 Å². The first-order valence-electron chi connectivity index (χ1n) is 7.82. The molecule has 6 nitrogen and oxygen atoms in total. The van der Waals surface area contributed by atoms with Crippen LogP contribution in [0.4, 0.5) is 5.69 Å². The Hall–Kier alpha value is -3.02. The minimum absolute atomic E-state index is 0.137. The molecule has 0 bridgehead atoms. The fourth-order valence-electron chi connectivity index (χ4n) is 2.44. The molecule has 0 aliphatic rings. The predicted octanol–water partition coefficient (Wildman–Crippen LogP) is 2.69. The molecular weight excluding hydrogens is 320 g/mol. The molecule has 2 aromatic carbocycles. The van der Waals surface area contributed by atoms with E-state index in [1.165, 1.54) is 14.2 Å². The first-order valence-corrected chi connectivity index (χ1v) is 7.82. The normalized spacial score (nSPS) is 10.1. The third kappa shape index (κ3) is 4.50. The quantitative estimate of drug-likeness (QED) is 0.846. The van der Waals surface area contributed by atoms with Gasteiger partial charge in [-0.3, -0.25) is 9.59 Å². The van der Waals surface area contributed by atoms with Crippen molar-refractivity contribution in [1.82, 2.24) is 5.32 Å². The summed E-state index contributed by atoms with van der Waals surface area (Å²) in [5.41, 5.74) is 3.04. The second kappa shape index (κ2) is 8.19. The van der Waals surface area contributed by atoms with Gasteiger partial charge in [-0.25, -0.2) is 0 Å². The van der Waals surface area contributed by atoms with Gasteiger partial charge in [0.2, 0.25) is 5.91 Å². The van der Waals surface area contributed by atoms with Crippen LogP contribution in [0.1, 0.15) is 21.5 Å². The zero-order valence-corrected chi connectivity index (χ0v) is 14.8. The Kier molecular flexibility index (Phi) is 6.00. The average Bonchev–Trinajstić information content (AvgIpc) is 2.62. The molecule has 0 spiro atoms. The molecule has 0 atom stereocenters. The number of aryl methyl sites for hydroxylation is 2. The summed E-state index contributed by atoms with van der Waals surface area (Å²) >= 11 is 0. The SMILES string of the molecule is COc1ccc(C(=O)NCC(=O)Nc2c(C)cccc2C)c(OC)c1. The van der Waals surface area contributed by atoms with E-state index in [4.69, 9.17) is 9.47 Å². The van der Waals surface area contributed by atoms with Gasteiger partial charge >= 0.3 is 0 Å². The lowest BCUT2D eigenvalue weighted by Gasteiger charge is -2.13. The summed E-state index contributed by atoms with van der Waals surface area (Å²) in [5.74, 6) is 0.280. The van der Waals surface area contributed by atoms with Gasteiger partial charge in [0, 0.05) is 11.8 Å². The van der Waals surface area contributed by atoms with Crippen LogP contribution in [-0.2, 0) is 4.79 Å². The van der Waals surface area contributed by atoms with Gasteiger partial charge < -0.3 is 20.1 Å². The maximum absolute atomic E-state index is 12.3. The summed E-state index contributed by atoms with van der Waals surface area (Å²) in [6, 6.07) is 10.6. The van der Waals surface area contributed by atoms with Crippen LogP contribution in [0.2, 0.25) is 0 Å². The van der Waals surface area contributed by atoms with Gasteiger partial charge in [-0.05, 0) is 37.1 Å². The number of carbonyl (C=O) groups is 2. The van der Waals surface area contributed by atoms with Crippen LogP contribution in [0.15, 0.2) is 36.4 Å². The van der Waals surface area contributed by atoms with Gasteiger partial charge in [0.05, 0.1) is 26.3 Å². The molecule has 0 fully saturated rings. The molecule has 132 valence electrons. The molecule has 0 aromatic heterocycles. The topological polar surface area (TPSA) is 76.7 Å². The number of hydrogen-bond acceptors (Lipinski definition) is 4. The number of carbonyl (C=O) groups excluding carboxylic acids is 2. The van der Waals surface area contributed by atoms with Crippen LogP contribution in [0.5, 0.6) is 11.5 Å². The molecule has 0 aliphatic heterocycles. The van der Waals surface area contributed by atoms with E-state index in [1.54, 1.807) is 18.2 Å². The van der Waals surface area contributed by atoms with Crippen molar-refractivity contribution in [1.29, 1.82) is 0 Å². The number of methoxy groups -OCH3 is 2. The fourth-order valence-corrected chi connectivity index (χ4v) is 2.44. The molecule has 0 saturated heterocycles. The van der Waals surface area contributed by atoms with Gasteiger partial charge in [-0.1, -0.05) is 18.2 Å². The molecule has 2 N–H and O–H groups in total. The smallest absolute Gasteiger partial charge is 0.255 e. The van der Waals surface area contributed by atoms with E-state index in [-0.39, 0.29) is 12.5 Å². The molecule has 0 heterocycles. The Morgan fingerprint density at radius 1 is 1.00 bits per heavy atom. The Morgan fingerprint density at radius 3 is 2.28 bits per heavy atom. The van der Waals surface area contributed by atoms with E-state index < -0.39 is 5.91 Å². The van der Waals surface area contributed by atoms with Gasteiger partial charge in [-0.2, -0.15) is 0 Å². The molecule has 0 aliphatic carbocycles. The standard InChI is InChI=1S/C19H22N2O4/c1-12-6-5-7-13(2)18(12)21-17(22)11-20-19(23)15-9-8-14(24-3)10-16(15)25-4/h5-10H,11H2,1-4H3,(H,20,23)(H,21,22). The van der Waals surface area contributed by atoms with Crippen molar-refractivity contribution in [3.05, 3.63) is 53.1 Å². The molecular formula is C19H22N2O4. The van der Waals surface area contributed by atoms with Crippen molar-refractivity contribution >= 4 is 17.5 Å². The van der Waals surface area contributed by atoms with E-state index in [1.807, 2.05) is 32.0 Å². The molecule has 2 aromatic rings. The van der Waals surface area contributed by atoms with Crippen molar-refractivity contribution in [2.24, 2.45) is 0 Å². The van der Waals surface area contributed by atoms with Crippen LogP contribution in [0.25, 0.3) is 0 Å². The van der Waals surface area contributed by atoms with Gasteiger partial charge in [0.1, 0.15) is 11.5 Å². The molecule has 2 amide bonds. The van der Waals surface area contributed by atoms with Crippen LogP contribution in [0, 0.1) is 13.8 Å². The highest BCUT2D eigenvalue weighted by molar-refractivity contribution is 6.01. The van der Waals surface area contributed by atoms with Gasteiger partial charge in [0.15, 0.2) is 0 Å². The average molecular weight is 342 g/mol. The highest BCUT2D eigenvalue weighted by Crippen LogP contribution is 2.24. The third-order valence-electron chi connectivity index (χ3n) is 3.81. The third-order valence-corrected chi connectivity index (χ3v) is 3.81. The molecule has 2 rings (SSSR count). The Labute approximate surface area is 147 Å². The molecule has 25 heavy (non-hydrogen) atoms. The number of nitrogens with one attached hydrogen (secondary N) is 2. The number of ether oxygens (including phenoxy) is 2. The Morgan fingerprint density at radius 2 is 1.68 bits per heavy atom. The van der Waals surface area contributed by atoms with E-state index >= 15 is 0 Å². The zero-order valence-electron chi connectivity index (χ0n) is 14.8.